The molecule has 0 aromatic heterocycles. The van der Waals surface area contributed by atoms with Gasteiger partial charge >= 0.3 is 5.97 Å². The lowest BCUT2D eigenvalue weighted by Crippen LogP contribution is -2.25. The van der Waals surface area contributed by atoms with Crippen molar-refractivity contribution in [2.24, 2.45) is 5.29 Å². The zero-order valence-corrected chi connectivity index (χ0v) is 6.49. The smallest absolute Gasteiger partial charge is 0.324 e. The summed E-state index contributed by atoms with van der Waals surface area (Å²) in [5.41, 5.74) is 0. The molecule has 11 heavy (non-hydrogen) atoms. The Morgan fingerprint density at radius 1 is 1.64 bits per heavy atom. The Hall–Kier alpha value is -1.13. The van der Waals surface area contributed by atoms with Gasteiger partial charge in [-0.05, 0) is 6.42 Å². The molecule has 0 radical (unpaired) electrons. The van der Waals surface area contributed by atoms with E-state index in [0.29, 0.717) is 6.54 Å². The first kappa shape index (κ1) is 9.87. The van der Waals surface area contributed by atoms with Crippen LogP contribution in [0.1, 0.15) is 19.8 Å². The number of carboxylic acids is 1. The standard InChI is InChI=1S/C6H12N2O3/c1-2-3-4-8(7-11)5-6(9)10/h2-5H2,1H3,(H,9,10). The minimum absolute atomic E-state index is 0.302. The van der Waals surface area contributed by atoms with Crippen LogP contribution in [-0.4, -0.2) is 29.2 Å². The highest BCUT2D eigenvalue weighted by molar-refractivity contribution is 5.68. The number of nitroso groups, excluding NO2 is 1. The van der Waals surface area contributed by atoms with E-state index in [2.05, 4.69) is 5.29 Å². The van der Waals surface area contributed by atoms with E-state index in [0.717, 1.165) is 17.9 Å². The molecule has 0 fully saturated rings. The number of nitrogens with zero attached hydrogens (tertiary/aromatic N) is 2. The lowest BCUT2D eigenvalue weighted by molar-refractivity contribution is -0.138. The average molecular weight is 160 g/mol. The molecule has 0 heterocycles. The van der Waals surface area contributed by atoms with Gasteiger partial charge in [0.05, 0.1) is 5.29 Å². The van der Waals surface area contributed by atoms with Gasteiger partial charge in [-0.3, -0.25) is 4.79 Å². The van der Waals surface area contributed by atoms with Crippen LogP contribution in [-0.2, 0) is 4.79 Å². The van der Waals surface area contributed by atoms with Gasteiger partial charge in [0.1, 0.15) is 6.54 Å². The van der Waals surface area contributed by atoms with E-state index in [4.69, 9.17) is 5.11 Å². The number of aliphatic carboxylic acids is 1. The summed E-state index contributed by atoms with van der Waals surface area (Å²) in [5, 5.41) is 11.8. The fourth-order valence-electron chi connectivity index (χ4n) is 0.646. The van der Waals surface area contributed by atoms with Gasteiger partial charge in [-0.25, -0.2) is 5.01 Å². The van der Waals surface area contributed by atoms with Crippen molar-refractivity contribution in [2.45, 2.75) is 19.8 Å². The second-order valence-electron chi connectivity index (χ2n) is 2.22. The normalized spacial score (nSPS) is 9.18. The summed E-state index contributed by atoms with van der Waals surface area (Å²) in [5.74, 6) is -1.03. The molecule has 0 unspecified atom stereocenters. The molecule has 5 heteroatoms. The zero-order valence-electron chi connectivity index (χ0n) is 6.49. The Morgan fingerprint density at radius 2 is 2.27 bits per heavy atom. The van der Waals surface area contributed by atoms with E-state index in [9.17, 15) is 9.70 Å². The van der Waals surface area contributed by atoms with Crippen molar-refractivity contribution in [3.63, 3.8) is 0 Å². The van der Waals surface area contributed by atoms with E-state index < -0.39 is 5.97 Å². The summed E-state index contributed by atoms with van der Waals surface area (Å²) in [4.78, 5) is 20.1. The molecular formula is C6H12N2O3. The Labute approximate surface area is 64.9 Å². The summed E-state index contributed by atoms with van der Waals surface area (Å²) < 4.78 is 0. The van der Waals surface area contributed by atoms with Crippen LogP contribution in [0.4, 0.5) is 0 Å². The van der Waals surface area contributed by atoms with Crippen molar-refractivity contribution >= 4 is 5.97 Å². The fourth-order valence-corrected chi connectivity index (χ4v) is 0.646. The van der Waals surface area contributed by atoms with Crippen molar-refractivity contribution in [2.75, 3.05) is 13.1 Å². The molecule has 1 N–H and O–H groups in total. The summed E-state index contributed by atoms with van der Waals surface area (Å²) in [6, 6.07) is 0. The number of hydrogen-bond donors (Lipinski definition) is 1. The molecule has 0 saturated heterocycles. The average Bonchev–Trinajstić information content (AvgIpc) is 1.97. The minimum Gasteiger partial charge on any atom is -0.480 e. The summed E-state index contributed by atoms with van der Waals surface area (Å²) in [6.45, 7) is 2.08. The predicted molar refractivity (Wildman–Crippen MR) is 39.9 cm³/mol. The highest BCUT2D eigenvalue weighted by atomic mass is 16.4. The first-order valence-corrected chi connectivity index (χ1v) is 3.50. The molecule has 0 aliphatic heterocycles. The van der Waals surface area contributed by atoms with Crippen LogP contribution >= 0.6 is 0 Å². The van der Waals surface area contributed by atoms with Gasteiger partial charge in [0.2, 0.25) is 0 Å². The Morgan fingerprint density at radius 3 is 2.64 bits per heavy atom. The summed E-state index contributed by atoms with van der Waals surface area (Å²) in [6.07, 6.45) is 1.71. The van der Waals surface area contributed by atoms with Crippen molar-refractivity contribution < 1.29 is 9.90 Å². The van der Waals surface area contributed by atoms with Crippen LogP contribution < -0.4 is 0 Å². The van der Waals surface area contributed by atoms with Gasteiger partial charge in [-0.2, -0.15) is 0 Å². The second-order valence-corrected chi connectivity index (χ2v) is 2.22. The van der Waals surface area contributed by atoms with Crippen LogP contribution in [0.5, 0.6) is 0 Å². The molecule has 0 bridgehead atoms. The third kappa shape index (κ3) is 5.32. The zero-order chi connectivity index (χ0) is 8.69. The molecule has 0 aliphatic rings. The molecule has 0 rings (SSSR count). The first-order valence-electron chi connectivity index (χ1n) is 3.50. The van der Waals surface area contributed by atoms with Gasteiger partial charge in [0.25, 0.3) is 0 Å². The molecule has 0 amide bonds. The molecular weight excluding hydrogens is 148 g/mol. The third-order valence-corrected chi connectivity index (χ3v) is 1.20. The molecule has 0 spiro atoms. The fraction of sp³-hybridized carbons (Fsp3) is 0.833. The van der Waals surface area contributed by atoms with E-state index in [1.165, 1.54) is 0 Å². The Bertz CT molecular complexity index is 138. The summed E-state index contributed by atoms with van der Waals surface area (Å²) >= 11 is 0. The lowest BCUT2D eigenvalue weighted by atomic mass is 10.3. The monoisotopic (exact) mass is 160 g/mol. The molecule has 5 nitrogen and oxygen atoms in total. The summed E-state index contributed by atoms with van der Waals surface area (Å²) in [7, 11) is 0. The second kappa shape index (κ2) is 5.64. The van der Waals surface area contributed by atoms with Crippen molar-refractivity contribution in [3.05, 3.63) is 4.91 Å². The van der Waals surface area contributed by atoms with Crippen LogP contribution in [0.25, 0.3) is 0 Å². The molecule has 64 valence electrons. The molecule has 0 saturated carbocycles. The Kier molecular flexibility index (Phi) is 5.06. The number of rotatable bonds is 6. The molecule has 0 aromatic rings. The van der Waals surface area contributed by atoms with Crippen LogP contribution in [0.3, 0.4) is 0 Å². The molecule has 0 aliphatic carbocycles. The number of carboxylic acid groups (broad SMARTS) is 1. The first-order chi connectivity index (χ1) is 5.20. The van der Waals surface area contributed by atoms with Gasteiger partial charge < -0.3 is 5.11 Å². The lowest BCUT2D eigenvalue weighted by Gasteiger charge is -2.10. The van der Waals surface area contributed by atoms with Crippen LogP contribution in [0.15, 0.2) is 5.29 Å². The van der Waals surface area contributed by atoms with Crippen molar-refractivity contribution in [3.8, 4) is 0 Å². The van der Waals surface area contributed by atoms with Gasteiger partial charge in [0, 0.05) is 6.54 Å². The van der Waals surface area contributed by atoms with Gasteiger partial charge in [0.15, 0.2) is 0 Å². The van der Waals surface area contributed by atoms with E-state index in [1.54, 1.807) is 0 Å². The minimum atomic E-state index is -1.03. The third-order valence-electron chi connectivity index (χ3n) is 1.20. The van der Waals surface area contributed by atoms with E-state index in [1.807, 2.05) is 6.92 Å². The van der Waals surface area contributed by atoms with Crippen molar-refractivity contribution in [1.82, 2.24) is 5.01 Å². The molecule has 0 atom stereocenters. The van der Waals surface area contributed by atoms with Crippen LogP contribution in [0.2, 0.25) is 0 Å². The van der Waals surface area contributed by atoms with E-state index >= 15 is 0 Å². The van der Waals surface area contributed by atoms with Crippen LogP contribution in [0, 0.1) is 4.91 Å². The quantitative estimate of drug-likeness (QED) is 0.462. The number of carbonyl (C=O) groups is 1. The predicted octanol–water partition coefficient (Wildman–Crippen LogP) is 0.855. The highest BCUT2D eigenvalue weighted by Gasteiger charge is 2.06. The topological polar surface area (TPSA) is 70.0 Å². The van der Waals surface area contributed by atoms with Gasteiger partial charge in [-0.15, -0.1) is 4.91 Å². The van der Waals surface area contributed by atoms with Crippen molar-refractivity contribution in [1.29, 1.82) is 0 Å². The van der Waals surface area contributed by atoms with E-state index in [-0.39, 0.29) is 6.54 Å². The maximum Gasteiger partial charge on any atom is 0.324 e. The highest BCUT2D eigenvalue weighted by Crippen LogP contribution is 1.94. The maximum atomic E-state index is 10.1. The largest absolute Gasteiger partial charge is 0.480 e. The number of hydrogen-bond acceptors (Lipinski definition) is 3. The van der Waals surface area contributed by atoms with Gasteiger partial charge in [-0.1, -0.05) is 13.3 Å². The Balaban J connectivity index is 3.57. The SMILES string of the molecule is CCCCN(CC(=O)O)N=O. The maximum absolute atomic E-state index is 10.1. The molecule has 0 aromatic carbocycles. The number of unbranched alkanes of at least 4 members (excludes halogenated alkanes) is 1.